The number of pyridine rings is 1. The lowest BCUT2D eigenvalue weighted by Crippen LogP contribution is -2.61. The highest BCUT2D eigenvalue weighted by atomic mass is 19.1. The van der Waals surface area contributed by atoms with Gasteiger partial charge in [-0.3, -0.25) is 4.79 Å². The van der Waals surface area contributed by atoms with Gasteiger partial charge in [0.15, 0.2) is 0 Å². The molecule has 4 heterocycles. The van der Waals surface area contributed by atoms with Crippen LogP contribution in [0.25, 0.3) is 0 Å². The van der Waals surface area contributed by atoms with Crippen LogP contribution in [0.4, 0.5) is 16.0 Å². The summed E-state index contributed by atoms with van der Waals surface area (Å²) in [6.07, 6.45) is 3.13. The highest BCUT2D eigenvalue weighted by Crippen LogP contribution is 2.32. The van der Waals surface area contributed by atoms with E-state index in [-0.39, 0.29) is 17.6 Å². The minimum absolute atomic E-state index is 0.111. The number of methoxy groups -OCH3 is 1. The number of carbonyl (C=O) groups is 2. The number of hydrogen-bond donors (Lipinski definition) is 1. The number of benzene rings is 1. The number of ether oxygens (including phenoxy) is 2. The molecule has 0 atom stereocenters. The van der Waals surface area contributed by atoms with Crippen LogP contribution >= 0.6 is 0 Å². The normalized spacial score (nSPS) is 17.1. The zero-order valence-corrected chi connectivity index (χ0v) is 25.4. The van der Waals surface area contributed by atoms with Crippen molar-refractivity contribution in [2.24, 2.45) is 0 Å². The average Bonchev–Trinajstić information content (AvgIpc) is 3.00. The number of aromatic nitrogens is 3. The molecule has 0 spiro atoms. The van der Waals surface area contributed by atoms with Crippen LogP contribution in [-0.4, -0.2) is 77.2 Å². The number of anilines is 2. The monoisotopic (exact) mass is 590 g/mol. The molecule has 43 heavy (non-hydrogen) atoms. The molecule has 11 heteroatoms. The highest BCUT2D eigenvalue weighted by Gasteiger charge is 2.39. The lowest BCUT2D eigenvalue weighted by atomic mass is 9.95. The number of aryl methyl sites for hydroxylation is 2. The van der Waals surface area contributed by atoms with E-state index in [2.05, 4.69) is 15.2 Å². The standard InChI is InChI=1S/C32H39FN6O4/c1-20-16-26(36-21(2)27(20)31(41)42-5)38-12-13-39(32(3,4)19-38)30(40)25-18-35-29(28(37-25)23-10-14-43-15-11-23)34-17-22-6-8-24(33)9-7-22/h6-9,16,18,23H,10-15,17,19H2,1-5H3,(H,34,35). The summed E-state index contributed by atoms with van der Waals surface area (Å²) in [5, 5.41) is 3.35. The number of hydrogen-bond acceptors (Lipinski definition) is 9. The van der Waals surface area contributed by atoms with E-state index in [1.54, 1.807) is 25.3 Å². The topological polar surface area (TPSA) is 110 Å². The number of halogens is 1. The summed E-state index contributed by atoms with van der Waals surface area (Å²) in [6, 6.07) is 8.22. The van der Waals surface area contributed by atoms with Gasteiger partial charge in [-0.25, -0.2) is 24.1 Å². The highest BCUT2D eigenvalue weighted by molar-refractivity contribution is 5.93. The summed E-state index contributed by atoms with van der Waals surface area (Å²) in [6.45, 7) is 11.1. The largest absolute Gasteiger partial charge is 0.465 e. The van der Waals surface area contributed by atoms with Gasteiger partial charge in [-0.15, -0.1) is 0 Å². The Bertz CT molecular complexity index is 1470. The van der Waals surface area contributed by atoms with Crippen molar-refractivity contribution in [2.75, 3.05) is 50.2 Å². The fourth-order valence-corrected chi connectivity index (χ4v) is 5.94. The second-order valence-corrected chi connectivity index (χ2v) is 11.8. The van der Waals surface area contributed by atoms with Crippen LogP contribution in [0.15, 0.2) is 36.5 Å². The number of piperazine rings is 1. The first-order valence-electron chi connectivity index (χ1n) is 14.6. The van der Waals surface area contributed by atoms with Crippen molar-refractivity contribution in [3.8, 4) is 0 Å². The Labute approximate surface area is 251 Å². The summed E-state index contributed by atoms with van der Waals surface area (Å²) in [5.74, 6) is 0.654. The Kier molecular flexibility index (Phi) is 8.91. The molecule has 0 unspecified atom stereocenters. The van der Waals surface area contributed by atoms with E-state index in [0.717, 1.165) is 35.5 Å². The molecule has 0 aliphatic carbocycles. The molecule has 2 aliphatic rings. The predicted octanol–water partition coefficient (Wildman–Crippen LogP) is 4.66. The van der Waals surface area contributed by atoms with E-state index in [1.807, 2.05) is 31.7 Å². The van der Waals surface area contributed by atoms with Gasteiger partial charge in [-0.2, -0.15) is 0 Å². The second kappa shape index (κ2) is 12.6. The van der Waals surface area contributed by atoms with E-state index in [0.29, 0.717) is 62.2 Å². The van der Waals surface area contributed by atoms with Crippen molar-refractivity contribution >= 4 is 23.5 Å². The van der Waals surface area contributed by atoms with Crippen LogP contribution in [0.1, 0.15) is 76.0 Å². The van der Waals surface area contributed by atoms with Crippen LogP contribution in [0.5, 0.6) is 0 Å². The van der Waals surface area contributed by atoms with Gasteiger partial charge in [-0.1, -0.05) is 12.1 Å². The van der Waals surface area contributed by atoms with Crippen LogP contribution in [0, 0.1) is 19.7 Å². The first-order valence-corrected chi connectivity index (χ1v) is 14.6. The molecule has 0 saturated carbocycles. The number of carbonyl (C=O) groups excluding carboxylic acids is 2. The van der Waals surface area contributed by atoms with Gasteiger partial charge in [0.25, 0.3) is 5.91 Å². The van der Waals surface area contributed by atoms with Crippen LogP contribution in [0.3, 0.4) is 0 Å². The number of nitrogens with one attached hydrogen (secondary N) is 1. The zero-order chi connectivity index (χ0) is 30.7. The number of amides is 1. The zero-order valence-electron chi connectivity index (χ0n) is 25.4. The molecule has 1 N–H and O–H groups in total. The van der Waals surface area contributed by atoms with Gasteiger partial charge < -0.3 is 24.6 Å². The Morgan fingerprint density at radius 1 is 1.12 bits per heavy atom. The fraction of sp³-hybridized carbons (Fsp3) is 0.469. The summed E-state index contributed by atoms with van der Waals surface area (Å²) < 4.78 is 23.9. The minimum atomic E-state index is -0.528. The van der Waals surface area contributed by atoms with Crippen molar-refractivity contribution in [3.05, 3.63) is 76.1 Å². The summed E-state index contributed by atoms with van der Waals surface area (Å²) in [5.41, 5.74) is 3.35. The third-order valence-corrected chi connectivity index (χ3v) is 8.24. The van der Waals surface area contributed by atoms with Crippen LogP contribution < -0.4 is 10.2 Å². The second-order valence-electron chi connectivity index (χ2n) is 11.8. The predicted molar refractivity (Wildman–Crippen MR) is 161 cm³/mol. The number of rotatable bonds is 7. The fourth-order valence-electron chi connectivity index (χ4n) is 5.94. The van der Waals surface area contributed by atoms with Gasteiger partial charge in [0, 0.05) is 45.3 Å². The quantitative estimate of drug-likeness (QED) is 0.393. The molecule has 2 aromatic heterocycles. The smallest absolute Gasteiger partial charge is 0.339 e. The van der Waals surface area contributed by atoms with E-state index in [4.69, 9.17) is 19.4 Å². The molecule has 0 radical (unpaired) electrons. The first kappa shape index (κ1) is 30.3. The lowest BCUT2D eigenvalue weighted by Gasteiger charge is -2.47. The third kappa shape index (κ3) is 6.61. The molecule has 5 rings (SSSR count). The van der Waals surface area contributed by atoms with Crippen molar-refractivity contribution in [1.29, 1.82) is 0 Å². The maximum absolute atomic E-state index is 13.9. The van der Waals surface area contributed by atoms with Crippen molar-refractivity contribution in [3.63, 3.8) is 0 Å². The molecule has 3 aromatic rings. The van der Waals surface area contributed by atoms with Gasteiger partial charge in [-0.05, 0) is 69.9 Å². The van der Waals surface area contributed by atoms with Gasteiger partial charge in [0.05, 0.1) is 35.8 Å². The molecule has 1 aromatic carbocycles. The van der Waals surface area contributed by atoms with Crippen molar-refractivity contribution < 1.29 is 23.5 Å². The molecule has 228 valence electrons. The average molecular weight is 591 g/mol. The molecule has 10 nitrogen and oxygen atoms in total. The van der Waals surface area contributed by atoms with Crippen molar-refractivity contribution in [2.45, 2.75) is 58.5 Å². The lowest BCUT2D eigenvalue weighted by molar-refractivity contribution is 0.0504. The Morgan fingerprint density at radius 2 is 1.84 bits per heavy atom. The molecule has 0 bridgehead atoms. The van der Waals surface area contributed by atoms with E-state index >= 15 is 0 Å². The van der Waals surface area contributed by atoms with E-state index in [1.165, 1.54) is 19.2 Å². The summed E-state index contributed by atoms with van der Waals surface area (Å²) in [7, 11) is 1.36. The van der Waals surface area contributed by atoms with Crippen LogP contribution in [-0.2, 0) is 16.0 Å². The van der Waals surface area contributed by atoms with Crippen molar-refractivity contribution in [1.82, 2.24) is 19.9 Å². The molecule has 2 fully saturated rings. The maximum atomic E-state index is 13.9. The third-order valence-electron chi connectivity index (χ3n) is 8.24. The number of nitrogens with zero attached hydrogens (tertiary/aromatic N) is 5. The van der Waals surface area contributed by atoms with E-state index < -0.39 is 11.5 Å². The summed E-state index contributed by atoms with van der Waals surface area (Å²) in [4.78, 5) is 44.4. The van der Waals surface area contributed by atoms with Gasteiger partial charge >= 0.3 is 5.97 Å². The Balaban J connectivity index is 1.35. The molecule has 2 aliphatic heterocycles. The summed E-state index contributed by atoms with van der Waals surface area (Å²) >= 11 is 0. The molecular formula is C32H39FN6O4. The van der Waals surface area contributed by atoms with Crippen LogP contribution in [0.2, 0.25) is 0 Å². The SMILES string of the molecule is COC(=O)c1c(C)cc(N2CCN(C(=O)c3cnc(NCc4ccc(F)cc4)c(C4CCOCC4)n3)C(C)(C)C2)nc1C. The van der Waals surface area contributed by atoms with E-state index in [9.17, 15) is 14.0 Å². The number of esters is 1. The van der Waals surface area contributed by atoms with Gasteiger partial charge in [0.1, 0.15) is 23.1 Å². The van der Waals surface area contributed by atoms with Gasteiger partial charge in [0.2, 0.25) is 0 Å². The Morgan fingerprint density at radius 3 is 2.49 bits per heavy atom. The molecule has 1 amide bonds. The molecule has 2 saturated heterocycles. The Hall–Kier alpha value is -4.12. The minimum Gasteiger partial charge on any atom is -0.465 e. The first-order chi connectivity index (χ1) is 20.6. The molecular weight excluding hydrogens is 551 g/mol. The maximum Gasteiger partial charge on any atom is 0.339 e.